The van der Waals surface area contributed by atoms with Crippen LogP contribution in [0.25, 0.3) is 0 Å². The molecule has 1 N–H and O–H groups in total. The maximum Gasteiger partial charge on any atom is 0.407 e. The summed E-state index contributed by atoms with van der Waals surface area (Å²) in [5.74, 6) is 0.785. The summed E-state index contributed by atoms with van der Waals surface area (Å²) in [6.07, 6.45) is -0.389. The van der Waals surface area contributed by atoms with E-state index in [1.807, 2.05) is 13.8 Å². The van der Waals surface area contributed by atoms with Crippen molar-refractivity contribution in [2.75, 3.05) is 19.0 Å². The number of nitrogens with one attached hydrogen (secondary N) is 1. The Morgan fingerprint density at radius 2 is 2.27 bits per heavy atom. The van der Waals surface area contributed by atoms with Gasteiger partial charge in [0.25, 0.3) is 0 Å². The van der Waals surface area contributed by atoms with E-state index in [0.717, 1.165) is 0 Å². The Bertz CT molecular complexity index is 117. The Morgan fingerprint density at radius 1 is 1.64 bits per heavy atom. The molecule has 0 aromatic rings. The quantitative estimate of drug-likeness (QED) is 0.666. The van der Waals surface area contributed by atoms with Gasteiger partial charge in [0.15, 0.2) is 0 Å². The Morgan fingerprint density at radius 3 is 2.73 bits per heavy atom. The summed E-state index contributed by atoms with van der Waals surface area (Å²) in [6.45, 7) is 4.94. The number of alkyl halides is 1. The number of carbonyl (C=O) groups excluding carboxylic acids is 1. The number of alkyl carbamates (subject to hydrolysis) is 1. The molecule has 0 saturated heterocycles. The normalized spacial score (nSPS) is 9.82. The molecule has 0 rings (SSSR count). The molecule has 0 aliphatic heterocycles. The van der Waals surface area contributed by atoms with Gasteiger partial charge in [-0.1, -0.05) is 13.8 Å². The van der Waals surface area contributed by atoms with Crippen LogP contribution in [-0.2, 0) is 4.74 Å². The van der Waals surface area contributed by atoms with E-state index in [2.05, 4.69) is 10.1 Å². The molecule has 0 fully saturated rings. The maximum absolute atomic E-state index is 10.7. The minimum atomic E-state index is -0.389. The molecule has 1 amide bonds. The zero-order chi connectivity index (χ0) is 8.69. The molecule has 11 heavy (non-hydrogen) atoms. The first kappa shape index (κ1) is 10.6. The second kappa shape index (κ2) is 6.28. The molecule has 0 aromatic carbocycles. The molecule has 0 unspecified atom stereocenters. The summed E-state index contributed by atoms with van der Waals surface area (Å²) in [4.78, 5) is 10.7. The second-order valence-corrected chi connectivity index (χ2v) is 2.98. The van der Waals surface area contributed by atoms with Crippen LogP contribution in [0.5, 0.6) is 0 Å². The van der Waals surface area contributed by atoms with E-state index in [9.17, 15) is 4.79 Å². The third kappa shape index (κ3) is 7.46. The van der Waals surface area contributed by atoms with Crippen molar-refractivity contribution in [1.29, 1.82) is 0 Å². The average Bonchev–Trinajstić information content (AvgIpc) is 1.97. The summed E-state index contributed by atoms with van der Waals surface area (Å²) in [5, 5.41) is 2.60. The highest BCUT2D eigenvalue weighted by molar-refractivity contribution is 6.18. The number of rotatable bonds is 4. The smallest absolute Gasteiger partial charge is 0.407 e. The zero-order valence-corrected chi connectivity index (χ0v) is 7.65. The predicted octanol–water partition coefficient (Wildman–Crippen LogP) is 1.61. The third-order valence-electron chi connectivity index (χ3n) is 0.965. The van der Waals surface area contributed by atoms with E-state index in [1.165, 1.54) is 0 Å². The van der Waals surface area contributed by atoms with Crippen molar-refractivity contribution in [3.63, 3.8) is 0 Å². The lowest BCUT2D eigenvalue weighted by molar-refractivity contribution is 0.151. The highest BCUT2D eigenvalue weighted by atomic mass is 35.5. The van der Waals surface area contributed by atoms with Gasteiger partial charge in [0.2, 0.25) is 0 Å². The van der Waals surface area contributed by atoms with Crippen LogP contribution in [0.15, 0.2) is 0 Å². The first-order chi connectivity index (χ1) is 5.16. The molecule has 0 saturated carbocycles. The molecule has 0 aliphatic rings. The van der Waals surface area contributed by atoms with Gasteiger partial charge in [-0.15, -0.1) is 11.6 Å². The first-order valence-electron chi connectivity index (χ1n) is 3.63. The molecule has 0 radical (unpaired) electrons. The van der Waals surface area contributed by atoms with Crippen molar-refractivity contribution < 1.29 is 9.53 Å². The SMILES string of the molecule is CC(C)CNC(=O)OCCCl. The lowest BCUT2D eigenvalue weighted by atomic mass is 10.2. The molecule has 66 valence electrons. The highest BCUT2D eigenvalue weighted by Gasteiger charge is 2.00. The van der Waals surface area contributed by atoms with Crippen molar-refractivity contribution in [1.82, 2.24) is 5.32 Å². The first-order valence-corrected chi connectivity index (χ1v) is 4.17. The van der Waals surface area contributed by atoms with Crippen LogP contribution >= 0.6 is 11.6 Å². The van der Waals surface area contributed by atoms with Crippen LogP contribution in [0, 0.1) is 5.92 Å². The van der Waals surface area contributed by atoms with Crippen LogP contribution < -0.4 is 5.32 Å². The van der Waals surface area contributed by atoms with Gasteiger partial charge in [0, 0.05) is 6.54 Å². The van der Waals surface area contributed by atoms with Crippen molar-refractivity contribution >= 4 is 17.7 Å². The van der Waals surface area contributed by atoms with Gasteiger partial charge in [0.1, 0.15) is 6.61 Å². The molecule has 0 heterocycles. The van der Waals surface area contributed by atoms with Gasteiger partial charge >= 0.3 is 6.09 Å². The van der Waals surface area contributed by atoms with Crippen molar-refractivity contribution in [2.45, 2.75) is 13.8 Å². The van der Waals surface area contributed by atoms with E-state index in [4.69, 9.17) is 11.6 Å². The van der Waals surface area contributed by atoms with Crippen LogP contribution in [-0.4, -0.2) is 25.1 Å². The molecule has 0 spiro atoms. The van der Waals surface area contributed by atoms with Gasteiger partial charge in [0.05, 0.1) is 5.88 Å². The molecule has 4 heteroatoms. The zero-order valence-electron chi connectivity index (χ0n) is 6.89. The van der Waals surface area contributed by atoms with Crippen LogP contribution in [0.4, 0.5) is 4.79 Å². The molecule has 0 bridgehead atoms. The summed E-state index contributed by atoms with van der Waals surface area (Å²) in [7, 11) is 0. The number of hydrogen-bond acceptors (Lipinski definition) is 2. The topological polar surface area (TPSA) is 38.3 Å². The van der Waals surface area contributed by atoms with E-state index in [-0.39, 0.29) is 12.7 Å². The summed E-state index contributed by atoms with van der Waals surface area (Å²) < 4.78 is 4.66. The van der Waals surface area contributed by atoms with Gasteiger partial charge in [-0.2, -0.15) is 0 Å². The molecule has 0 atom stereocenters. The Balaban J connectivity index is 3.23. The third-order valence-corrected chi connectivity index (χ3v) is 1.12. The fourth-order valence-corrected chi connectivity index (χ4v) is 0.547. The number of halogens is 1. The maximum atomic E-state index is 10.7. The molecule has 0 aromatic heterocycles. The van der Waals surface area contributed by atoms with E-state index >= 15 is 0 Å². The molecule has 3 nitrogen and oxygen atoms in total. The monoisotopic (exact) mass is 179 g/mol. The molecular weight excluding hydrogens is 166 g/mol. The largest absolute Gasteiger partial charge is 0.448 e. The minimum absolute atomic E-state index is 0.269. The summed E-state index contributed by atoms with van der Waals surface area (Å²) in [5.41, 5.74) is 0. The molecular formula is C7H14ClNO2. The van der Waals surface area contributed by atoms with E-state index < -0.39 is 0 Å². The second-order valence-electron chi connectivity index (χ2n) is 2.60. The van der Waals surface area contributed by atoms with Gasteiger partial charge in [-0.05, 0) is 5.92 Å². The van der Waals surface area contributed by atoms with Crippen LogP contribution in [0.1, 0.15) is 13.8 Å². The Kier molecular flexibility index (Phi) is 6.03. The predicted molar refractivity (Wildman–Crippen MR) is 44.9 cm³/mol. The summed E-state index contributed by atoms with van der Waals surface area (Å²) >= 11 is 5.30. The molecule has 0 aliphatic carbocycles. The van der Waals surface area contributed by atoms with E-state index in [0.29, 0.717) is 18.3 Å². The number of ether oxygens (including phenoxy) is 1. The Hall–Kier alpha value is -0.440. The van der Waals surface area contributed by atoms with Gasteiger partial charge in [-0.25, -0.2) is 4.79 Å². The number of hydrogen-bond donors (Lipinski definition) is 1. The van der Waals surface area contributed by atoms with Crippen LogP contribution in [0.2, 0.25) is 0 Å². The van der Waals surface area contributed by atoms with Crippen molar-refractivity contribution in [2.24, 2.45) is 5.92 Å². The van der Waals surface area contributed by atoms with Gasteiger partial charge < -0.3 is 10.1 Å². The van der Waals surface area contributed by atoms with E-state index in [1.54, 1.807) is 0 Å². The lowest BCUT2D eigenvalue weighted by Gasteiger charge is -2.06. The van der Waals surface area contributed by atoms with Gasteiger partial charge in [-0.3, -0.25) is 0 Å². The summed E-state index contributed by atoms with van der Waals surface area (Å²) in [6, 6.07) is 0. The van der Waals surface area contributed by atoms with Crippen molar-refractivity contribution in [3.8, 4) is 0 Å². The highest BCUT2D eigenvalue weighted by Crippen LogP contribution is 1.88. The number of carbonyl (C=O) groups is 1. The fourth-order valence-electron chi connectivity index (χ4n) is 0.470. The lowest BCUT2D eigenvalue weighted by Crippen LogP contribution is -2.28. The average molecular weight is 180 g/mol. The van der Waals surface area contributed by atoms with Crippen LogP contribution in [0.3, 0.4) is 0 Å². The Labute approximate surface area is 72.1 Å². The van der Waals surface area contributed by atoms with Crippen molar-refractivity contribution in [3.05, 3.63) is 0 Å². The standard InChI is InChI=1S/C7H14ClNO2/c1-6(2)5-9-7(10)11-4-3-8/h6H,3-5H2,1-2H3,(H,9,10). The number of amides is 1. The fraction of sp³-hybridized carbons (Fsp3) is 0.857. The minimum Gasteiger partial charge on any atom is -0.448 e.